The highest BCUT2D eigenvalue weighted by Gasteiger charge is 2.24. The van der Waals surface area contributed by atoms with Gasteiger partial charge in [0.15, 0.2) is 11.2 Å². The SMILES string of the molecule is CC(CN1c2ccccc2Sc2ccccc21)N(C)C.CC[C@@H](c1cccc(O)c1)[C@@H](C)CN(C)C.Cn1c(=O)c2c(ncn2C)n(C)c1=O.O=C(O)c1cccnc1. The Hall–Kier alpha value is -5.70. The minimum atomic E-state index is -0.942. The number of carbonyl (C=O) groups is 1. The van der Waals surface area contributed by atoms with E-state index in [9.17, 15) is 19.5 Å². The average molecular weight is 823 g/mol. The molecule has 4 heterocycles. The van der Waals surface area contributed by atoms with Crippen LogP contribution in [0.4, 0.5) is 11.4 Å². The Morgan fingerprint density at radius 1 is 0.847 bits per heavy atom. The van der Waals surface area contributed by atoms with Gasteiger partial charge in [-0.25, -0.2) is 14.6 Å². The van der Waals surface area contributed by atoms with Gasteiger partial charge >= 0.3 is 11.7 Å². The van der Waals surface area contributed by atoms with E-state index in [1.54, 1.807) is 30.8 Å². The van der Waals surface area contributed by atoms with Crippen LogP contribution < -0.4 is 16.1 Å². The lowest BCUT2D eigenvalue weighted by Gasteiger charge is -2.36. The Kier molecular flexibility index (Phi) is 16.6. The number of aromatic nitrogens is 5. The zero-order chi connectivity index (χ0) is 43.4. The Labute approximate surface area is 351 Å². The molecule has 1 unspecified atom stereocenters. The van der Waals surface area contributed by atoms with E-state index in [1.807, 2.05) is 23.9 Å². The molecule has 3 aromatic heterocycles. The summed E-state index contributed by atoms with van der Waals surface area (Å²) in [5.74, 6) is 0.549. The maximum Gasteiger partial charge on any atom is 0.337 e. The van der Waals surface area contributed by atoms with Gasteiger partial charge in [-0.1, -0.05) is 62.0 Å². The Morgan fingerprint density at radius 2 is 1.47 bits per heavy atom. The number of nitrogens with zero attached hydrogens (tertiary/aromatic N) is 8. The number of imidazole rings is 1. The molecule has 7 rings (SSSR count). The predicted octanol–water partition coefficient (Wildman–Crippen LogP) is 7.07. The normalized spacial score (nSPS) is 13.1. The fourth-order valence-corrected chi connectivity index (χ4v) is 7.89. The number of phenols is 1. The second-order valence-electron chi connectivity index (χ2n) is 15.1. The fraction of sp³-hybridized carbons (Fsp3) is 0.356. The van der Waals surface area contributed by atoms with Crippen LogP contribution in [0.15, 0.2) is 123 Å². The summed E-state index contributed by atoms with van der Waals surface area (Å²) in [6, 6.07) is 28.6. The van der Waals surface area contributed by atoms with Crippen molar-refractivity contribution >= 4 is 40.3 Å². The van der Waals surface area contributed by atoms with Crippen molar-refractivity contribution in [2.45, 2.75) is 48.9 Å². The number of fused-ring (bicyclic) bond motifs is 3. The van der Waals surface area contributed by atoms with Crippen molar-refractivity contribution in [2.24, 2.45) is 27.1 Å². The van der Waals surface area contributed by atoms with Crippen molar-refractivity contribution in [2.75, 3.05) is 46.2 Å². The van der Waals surface area contributed by atoms with Gasteiger partial charge in [0.05, 0.1) is 23.3 Å². The number of likely N-dealkylation sites (N-methyl/N-ethyl adjacent to an activating group) is 1. The van der Waals surface area contributed by atoms with Gasteiger partial charge < -0.3 is 29.5 Å². The number of rotatable bonds is 9. The molecule has 314 valence electrons. The minimum Gasteiger partial charge on any atom is -0.508 e. The maximum absolute atomic E-state index is 11.7. The predicted molar refractivity (Wildman–Crippen MR) is 238 cm³/mol. The Morgan fingerprint density at radius 3 is 1.98 bits per heavy atom. The fourth-order valence-electron chi connectivity index (χ4n) is 6.79. The van der Waals surface area contributed by atoms with Gasteiger partial charge in [0.1, 0.15) is 5.75 Å². The third kappa shape index (κ3) is 11.9. The van der Waals surface area contributed by atoms with E-state index in [2.05, 4.69) is 128 Å². The van der Waals surface area contributed by atoms with Crippen LogP contribution in [0.1, 0.15) is 49.0 Å². The summed E-state index contributed by atoms with van der Waals surface area (Å²) in [5.41, 5.74) is 4.30. The molecule has 0 amide bonds. The van der Waals surface area contributed by atoms with E-state index in [1.165, 1.54) is 63.1 Å². The number of carboxylic acids is 1. The zero-order valence-corrected chi connectivity index (χ0v) is 36.6. The lowest BCUT2D eigenvalue weighted by Crippen LogP contribution is -2.37. The number of aromatic hydroxyl groups is 1. The van der Waals surface area contributed by atoms with Crippen LogP contribution in [0.25, 0.3) is 11.2 Å². The van der Waals surface area contributed by atoms with Gasteiger partial charge in [0.2, 0.25) is 0 Å². The topological polar surface area (TPSA) is 142 Å². The molecule has 14 heteroatoms. The molecule has 0 spiro atoms. The molecule has 59 heavy (non-hydrogen) atoms. The molecule has 0 radical (unpaired) electrons. The second-order valence-corrected chi connectivity index (χ2v) is 16.2. The molecule has 1 aliphatic rings. The number of hydrogen-bond acceptors (Lipinski definition) is 10. The molecule has 13 nitrogen and oxygen atoms in total. The quantitative estimate of drug-likeness (QED) is 0.155. The van der Waals surface area contributed by atoms with Gasteiger partial charge in [-0.3, -0.25) is 18.9 Å². The zero-order valence-electron chi connectivity index (χ0n) is 35.8. The van der Waals surface area contributed by atoms with Crippen molar-refractivity contribution in [1.29, 1.82) is 0 Å². The van der Waals surface area contributed by atoms with Crippen LogP contribution in [0.5, 0.6) is 5.75 Å². The molecule has 2 N–H and O–H groups in total. The third-order valence-electron chi connectivity index (χ3n) is 10.2. The molecule has 0 aliphatic carbocycles. The monoisotopic (exact) mass is 822 g/mol. The number of para-hydroxylation sites is 2. The molecule has 0 saturated carbocycles. The van der Waals surface area contributed by atoms with E-state index < -0.39 is 5.97 Å². The van der Waals surface area contributed by atoms with Crippen molar-refractivity contribution in [3.8, 4) is 5.75 Å². The lowest BCUT2D eigenvalue weighted by atomic mass is 9.85. The first kappa shape index (κ1) is 46.0. The highest BCUT2D eigenvalue weighted by molar-refractivity contribution is 7.99. The number of benzene rings is 3. The van der Waals surface area contributed by atoms with Crippen LogP contribution >= 0.6 is 11.8 Å². The highest BCUT2D eigenvalue weighted by Crippen LogP contribution is 2.47. The van der Waals surface area contributed by atoms with Crippen molar-refractivity contribution in [1.82, 2.24) is 33.5 Å². The van der Waals surface area contributed by atoms with Gasteiger partial charge in [-0.2, -0.15) is 0 Å². The van der Waals surface area contributed by atoms with Gasteiger partial charge in [0.25, 0.3) is 5.56 Å². The number of pyridine rings is 1. The first-order valence-corrected chi connectivity index (χ1v) is 20.3. The molecule has 0 bridgehead atoms. The van der Waals surface area contributed by atoms with Crippen LogP contribution in [0.3, 0.4) is 0 Å². The number of aromatic carboxylic acids is 1. The summed E-state index contributed by atoms with van der Waals surface area (Å²) >= 11 is 1.87. The molecule has 6 aromatic rings. The standard InChI is InChI=1S/C17H20N2S.C14H23NO.C8H10N4O2.C6H5NO2/c1-13(18(2)3)12-19-14-8-4-6-10-16(14)20-17-11-7-5-9-15(17)19;1-5-14(11(2)10-15(3)4)12-7-6-8-13(16)9-12;1-10-4-9-6-5(10)7(13)12(3)8(14)11(6)2;8-6(9)5-2-1-3-7-4-5/h4-11,13H,12H2,1-3H3;6-9,11,14,16H,5,10H2,1-4H3;4H,1-3H3;1-4H,(H,8,9)/t;11-,14+;;/m.0../s1. The first-order chi connectivity index (χ1) is 28.0. The Bertz CT molecular complexity index is 2360. The molecule has 0 fully saturated rings. The van der Waals surface area contributed by atoms with Crippen LogP contribution in [-0.2, 0) is 21.1 Å². The van der Waals surface area contributed by atoms with Gasteiger partial charge in [-0.05, 0) is 107 Å². The van der Waals surface area contributed by atoms with E-state index in [-0.39, 0.29) is 16.8 Å². The molecule has 1 aliphatic heterocycles. The van der Waals surface area contributed by atoms with Crippen molar-refractivity contribution in [3.63, 3.8) is 0 Å². The second kappa shape index (κ2) is 21.3. The van der Waals surface area contributed by atoms with Crippen molar-refractivity contribution in [3.05, 3.63) is 136 Å². The summed E-state index contributed by atoms with van der Waals surface area (Å²) in [4.78, 5) is 50.6. The molecule has 3 aromatic carbocycles. The largest absolute Gasteiger partial charge is 0.508 e. The average Bonchev–Trinajstić information content (AvgIpc) is 3.61. The number of carboxylic acid groups (broad SMARTS) is 1. The molecular formula is C45H58N8O5S. The van der Waals surface area contributed by atoms with Crippen molar-refractivity contribution < 1.29 is 15.0 Å². The van der Waals surface area contributed by atoms with E-state index in [0.717, 1.165) is 24.1 Å². The van der Waals surface area contributed by atoms with E-state index in [0.29, 0.717) is 34.8 Å². The summed E-state index contributed by atoms with van der Waals surface area (Å²) in [6.45, 7) is 8.84. The summed E-state index contributed by atoms with van der Waals surface area (Å²) < 4.78 is 4.04. The van der Waals surface area contributed by atoms with E-state index >= 15 is 0 Å². The Balaban J connectivity index is 0.000000180. The van der Waals surface area contributed by atoms with E-state index in [4.69, 9.17) is 5.11 Å². The number of aryl methyl sites for hydroxylation is 2. The number of phenolic OH excluding ortho intramolecular Hbond substituents is 1. The highest BCUT2D eigenvalue weighted by atomic mass is 32.2. The molecular weight excluding hydrogens is 765 g/mol. The summed E-state index contributed by atoms with van der Waals surface area (Å²) in [6.07, 6.45) is 5.47. The van der Waals surface area contributed by atoms with Crippen LogP contribution in [0, 0.1) is 5.92 Å². The third-order valence-corrected chi connectivity index (χ3v) is 11.3. The summed E-state index contributed by atoms with van der Waals surface area (Å²) in [7, 11) is 13.3. The van der Waals surface area contributed by atoms with Crippen LogP contribution in [0.2, 0.25) is 0 Å². The smallest absolute Gasteiger partial charge is 0.337 e. The van der Waals surface area contributed by atoms with Gasteiger partial charge in [-0.15, -0.1) is 0 Å². The van der Waals surface area contributed by atoms with Gasteiger partial charge in [0, 0.05) is 62.5 Å². The summed E-state index contributed by atoms with van der Waals surface area (Å²) in [5, 5.41) is 17.9. The first-order valence-electron chi connectivity index (χ1n) is 19.5. The number of anilines is 2. The molecule has 3 atom stereocenters. The number of hydrogen-bond donors (Lipinski definition) is 2. The maximum atomic E-state index is 11.7. The molecule has 0 saturated heterocycles. The van der Waals surface area contributed by atoms with Crippen LogP contribution in [-0.4, -0.2) is 97.0 Å². The minimum absolute atomic E-state index is 0.220. The lowest BCUT2D eigenvalue weighted by molar-refractivity contribution is 0.0696.